The van der Waals surface area contributed by atoms with Crippen molar-refractivity contribution in [3.63, 3.8) is 0 Å². The Balaban J connectivity index is 1.49. The fourth-order valence-electron chi connectivity index (χ4n) is 4.81. The van der Waals surface area contributed by atoms with Crippen molar-refractivity contribution in [2.45, 2.75) is 50.1 Å². The molecule has 2 heterocycles. The van der Waals surface area contributed by atoms with Crippen molar-refractivity contribution >= 4 is 23.6 Å². The molecule has 2 aliphatic heterocycles. The van der Waals surface area contributed by atoms with E-state index in [1.165, 1.54) is 6.42 Å². The number of fused-ring (bicyclic) bond motifs is 1. The van der Waals surface area contributed by atoms with E-state index in [2.05, 4.69) is 5.32 Å². The maximum absolute atomic E-state index is 13.6. The van der Waals surface area contributed by atoms with Gasteiger partial charge in [-0.1, -0.05) is 55.7 Å². The Kier molecular flexibility index (Phi) is 5.60. The second-order valence-corrected chi connectivity index (χ2v) is 8.71. The van der Waals surface area contributed by atoms with Gasteiger partial charge in [-0.15, -0.1) is 0 Å². The summed E-state index contributed by atoms with van der Waals surface area (Å²) in [7, 11) is 0. The predicted octanol–water partition coefficient (Wildman–Crippen LogP) is 4.10. The van der Waals surface area contributed by atoms with Crippen LogP contribution in [0.2, 0.25) is 0 Å². The Morgan fingerprint density at radius 2 is 1.75 bits per heavy atom. The molecule has 2 amide bonds. The Morgan fingerprint density at radius 1 is 1.00 bits per heavy atom. The molecule has 1 unspecified atom stereocenters. The molecule has 2 fully saturated rings. The maximum Gasteiger partial charge on any atom is 0.251 e. The van der Waals surface area contributed by atoms with E-state index in [-0.39, 0.29) is 24.3 Å². The number of carbonyl (C=O) groups is 2. The topological polar surface area (TPSA) is 67.9 Å². The summed E-state index contributed by atoms with van der Waals surface area (Å²) < 4.78 is 11.3. The van der Waals surface area contributed by atoms with Crippen molar-refractivity contribution in [2.75, 3.05) is 18.1 Å². The molecule has 3 aliphatic rings. The molecule has 0 radical (unpaired) electrons. The average Bonchev–Trinajstić information content (AvgIpc) is 2.82. The lowest BCUT2D eigenvalue weighted by Gasteiger charge is -2.49. The quantitative estimate of drug-likeness (QED) is 0.723. The molecule has 6 heteroatoms. The van der Waals surface area contributed by atoms with Gasteiger partial charge in [0.2, 0.25) is 5.91 Å². The third-order valence-electron chi connectivity index (χ3n) is 6.54. The number of ether oxygens (including phenoxy) is 2. The SMILES string of the molecule is O=C1CC(C=Cc2ccccc2)(C(=O)NC2CCCCC2)N1c1ccc2c(c1)OCCO2. The van der Waals surface area contributed by atoms with Crippen molar-refractivity contribution in [3.05, 3.63) is 60.2 Å². The van der Waals surface area contributed by atoms with E-state index in [1.54, 1.807) is 17.0 Å². The minimum atomic E-state index is -1.06. The molecule has 2 aromatic rings. The highest BCUT2D eigenvalue weighted by Gasteiger charge is 2.56. The standard InChI is InChI=1S/C26H28N2O4/c29-24-18-26(14-13-19-7-3-1-4-8-19,25(30)27-20-9-5-2-6-10-20)28(24)21-11-12-22-23(17-21)32-16-15-31-22/h1,3-4,7-8,11-14,17,20H,2,5-6,9-10,15-16,18H2,(H,27,30). The second kappa shape index (κ2) is 8.69. The van der Waals surface area contributed by atoms with E-state index < -0.39 is 5.54 Å². The summed E-state index contributed by atoms with van der Waals surface area (Å²) in [5.41, 5.74) is 0.564. The summed E-state index contributed by atoms with van der Waals surface area (Å²) >= 11 is 0. The Labute approximate surface area is 188 Å². The minimum absolute atomic E-state index is 0.0850. The highest BCUT2D eigenvalue weighted by atomic mass is 16.6. The van der Waals surface area contributed by atoms with Gasteiger partial charge in [0.1, 0.15) is 13.2 Å². The third-order valence-corrected chi connectivity index (χ3v) is 6.54. The van der Waals surface area contributed by atoms with Gasteiger partial charge in [-0.2, -0.15) is 0 Å². The van der Waals surface area contributed by atoms with Crippen molar-refractivity contribution in [1.29, 1.82) is 0 Å². The smallest absolute Gasteiger partial charge is 0.251 e. The van der Waals surface area contributed by atoms with Crippen molar-refractivity contribution in [2.24, 2.45) is 0 Å². The van der Waals surface area contributed by atoms with Gasteiger partial charge in [0.05, 0.1) is 6.42 Å². The van der Waals surface area contributed by atoms with Crippen molar-refractivity contribution < 1.29 is 19.1 Å². The van der Waals surface area contributed by atoms with Gasteiger partial charge in [0, 0.05) is 17.8 Å². The van der Waals surface area contributed by atoms with Gasteiger partial charge in [-0.25, -0.2) is 0 Å². The van der Waals surface area contributed by atoms with Crippen LogP contribution in [0.15, 0.2) is 54.6 Å². The molecule has 166 valence electrons. The van der Waals surface area contributed by atoms with Gasteiger partial charge in [0.15, 0.2) is 17.0 Å². The number of amides is 2. The molecule has 1 aliphatic carbocycles. The van der Waals surface area contributed by atoms with Crippen LogP contribution in [0.1, 0.15) is 44.1 Å². The summed E-state index contributed by atoms with van der Waals surface area (Å²) in [6.45, 7) is 0.966. The predicted molar refractivity (Wildman–Crippen MR) is 123 cm³/mol. The molecule has 6 nitrogen and oxygen atoms in total. The van der Waals surface area contributed by atoms with Crippen LogP contribution in [-0.4, -0.2) is 36.6 Å². The molecule has 1 saturated carbocycles. The number of hydrogen-bond donors (Lipinski definition) is 1. The molecule has 0 bridgehead atoms. The molecule has 5 rings (SSSR count). The van der Waals surface area contributed by atoms with E-state index in [4.69, 9.17) is 9.47 Å². The summed E-state index contributed by atoms with van der Waals surface area (Å²) in [4.78, 5) is 28.1. The summed E-state index contributed by atoms with van der Waals surface area (Å²) in [6, 6.07) is 15.4. The van der Waals surface area contributed by atoms with Gasteiger partial charge in [-0.3, -0.25) is 14.5 Å². The van der Waals surface area contributed by atoms with Crippen molar-refractivity contribution in [3.8, 4) is 11.5 Å². The number of rotatable bonds is 5. The summed E-state index contributed by atoms with van der Waals surface area (Å²) in [5, 5.41) is 3.24. The number of β-lactam (4-membered cyclic amide) rings is 1. The van der Waals surface area contributed by atoms with Crippen LogP contribution >= 0.6 is 0 Å². The molecular formula is C26H28N2O4. The largest absolute Gasteiger partial charge is 0.486 e. The average molecular weight is 433 g/mol. The molecule has 1 atom stereocenters. The first-order valence-corrected chi connectivity index (χ1v) is 11.4. The minimum Gasteiger partial charge on any atom is -0.486 e. The Morgan fingerprint density at radius 3 is 2.50 bits per heavy atom. The fraction of sp³-hybridized carbons (Fsp3) is 0.385. The lowest BCUT2D eigenvalue weighted by Crippen LogP contribution is -2.70. The monoisotopic (exact) mass is 432 g/mol. The zero-order valence-electron chi connectivity index (χ0n) is 18.1. The number of hydrogen-bond acceptors (Lipinski definition) is 4. The van der Waals surface area contributed by atoms with Crippen LogP contribution in [0.25, 0.3) is 6.08 Å². The van der Waals surface area contributed by atoms with Gasteiger partial charge in [0.25, 0.3) is 5.91 Å². The van der Waals surface area contributed by atoms with Crippen molar-refractivity contribution in [1.82, 2.24) is 5.32 Å². The molecule has 2 aromatic carbocycles. The Bertz CT molecular complexity index is 1030. The van der Waals surface area contributed by atoms with Gasteiger partial charge in [-0.05, 0) is 36.6 Å². The molecule has 32 heavy (non-hydrogen) atoms. The summed E-state index contributed by atoms with van der Waals surface area (Å²) in [5.74, 6) is 1.05. The van der Waals surface area contributed by atoms with Gasteiger partial charge < -0.3 is 14.8 Å². The van der Waals surface area contributed by atoms with E-state index in [0.29, 0.717) is 30.4 Å². The first kappa shape index (κ1) is 20.6. The molecule has 1 saturated heterocycles. The van der Waals surface area contributed by atoms with E-state index in [0.717, 1.165) is 31.2 Å². The van der Waals surface area contributed by atoms with Gasteiger partial charge >= 0.3 is 0 Å². The maximum atomic E-state index is 13.6. The number of anilines is 1. The number of carbonyl (C=O) groups excluding carboxylic acids is 2. The van der Waals surface area contributed by atoms with Crippen LogP contribution in [0.5, 0.6) is 11.5 Å². The summed E-state index contributed by atoms with van der Waals surface area (Å²) in [6.07, 6.45) is 9.39. The lowest BCUT2D eigenvalue weighted by atomic mass is 9.80. The zero-order valence-corrected chi connectivity index (χ0v) is 18.1. The van der Waals surface area contributed by atoms with E-state index in [9.17, 15) is 9.59 Å². The number of nitrogens with one attached hydrogen (secondary N) is 1. The zero-order chi connectivity index (χ0) is 22.0. The van der Waals surface area contributed by atoms with Crippen LogP contribution in [0, 0.1) is 0 Å². The third kappa shape index (κ3) is 3.85. The molecular weight excluding hydrogens is 404 g/mol. The first-order chi connectivity index (χ1) is 15.7. The van der Waals surface area contributed by atoms with Crippen LogP contribution in [0.3, 0.4) is 0 Å². The number of nitrogens with zero attached hydrogens (tertiary/aromatic N) is 1. The highest BCUT2D eigenvalue weighted by Crippen LogP contribution is 2.43. The highest BCUT2D eigenvalue weighted by molar-refractivity contribution is 6.15. The first-order valence-electron chi connectivity index (χ1n) is 11.4. The van der Waals surface area contributed by atoms with E-state index >= 15 is 0 Å². The fourth-order valence-corrected chi connectivity index (χ4v) is 4.81. The molecule has 0 spiro atoms. The van der Waals surface area contributed by atoms with Crippen LogP contribution < -0.4 is 19.7 Å². The Hall–Kier alpha value is -3.28. The van der Waals surface area contributed by atoms with Crippen LogP contribution in [-0.2, 0) is 9.59 Å². The van der Waals surface area contributed by atoms with Crippen LogP contribution in [0.4, 0.5) is 5.69 Å². The second-order valence-electron chi connectivity index (χ2n) is 8.71. The molecule has 1 N–H and O–H groups in total. The normalized spacial score (nSPS) is 23.1. The number of benzene rings is 2. The van der Waals surface area contributed by atoms with E-state index in [1.807, 2.05) is 48.6 Å². The lowest BCUT2D eigenvalue weighted by molar-refractivity contribution is -0.137. The molecule has 0 aromatic heterocycles.